The third kappa shape index (κ3) is 2.58. The van der Waals surface area contributed by atoms with Gasteiger partial charge in [-0.1, -0.05) is 18.2 Å². The number of hydrogen-bond acceptors (Lipinski definition) is 3. The number of benzene rings is 1. The molecule has 2 aromatic heterocycles. The van der Waals surface area contributed by atoms with E-state index < -0.39 is 0 Å². The van der Waals surface area contributed by atoms with E-state index in [0.29, 0.717) is 0 Å². The minimum atomic E-state index is -0.228. The summed E-state index contributed by atoms with van der Waals surface area (Å²) in [6.07, 6.45) is 1.52. The van der Waals surface area contributed by atoms with Crippen molar-refractivity contribution in [3.05, 3.63) is 54.4 Å². The zero-order chi connectivity index (χ0) is 14.8. The summed E-state index contributed by atoms with van der Waals surface area (Å²) < 4.78 is 1.94. The number of hydrogen-bond donors (Lipinski definition) is 2. The number of fused-ring (bicyclic) bond motifs is 1. The Morgan fingerprint density at radius 2 is 2.10 bits per heavy atom. The number of nitrogens with one attached hydrogen (secondary N) is 1. The van der Waals surface area contributed by atoms with Gasteiger partial charge in [-0.05, 0) is 36.6 Å². The molecule has 0 radical (unpaired) electrons. The van der Waals surface area contributed by atoms with Crippen LogP contribution in [-0.2, 0) is 11.3 Å². The van der Waals surface area contributed by atoms with Crippen LogP contribution in [0, 0.1) is 6.92 Å². The Hall–Kier alpha value is -2.82. The standard InChI is InChI=1S/C16H15N3O2/c1-11-9-12-5-2-3-6-13(12)19(11)10-15(21)18-16-14(20)7-4-8-17-16/h2-9,20H,10H2,1H3,(H,17,18,21). The summed E-state index contributed by atoms with van der Waals surface area (Å²) in [5.41, 5.74) is 2.02. The molecule has 1 amide bonds. The zero-order valence-corrected chi connectivity index (χ0v) is 11.6. The average molecular weight is 281 g/mol. The number of aromatic nitrogens is 2. The number of nitrogens with zero attached hydrogens (tertiary/aromatic N) is 2. The van der Waals surface area contributed by atoms with Crippen molar-refractivity contribution in [3.63, 3.8) is 0 Å². The SMILES string of the molecule is Cc1cc2ccccc2n1CC(=O)Nc1ncccc1O. The Morgan fingerprint density at radius 1 is 1.29 bits per heavy atom. The second-order valence-electron chi connectivity index (χ2n) is 4.85. The highest BCUT2D eigenvalue weighted by molar-refractivity contribution is 5.92. The number of aryl methyl sites for hydroxylation is 1. The quantitative estimate of drug-likeness (QED) is 0.775. The first-order valence-corrected chi connectivity index (χ1v) is 6.64. The number of carbonyl (C=O) groups is 1. The maximum atomic E-state index is 12.1. The van der Waals surface area contributed by atoms with Gasteiger partial charge in [0, 0.05) is 17.4 Å². The van der Waals surface area contributed by atoms with E-state index in [-0.39, 0.29) is 24.0 Å². The van der Waals surface area contributed by atoms with Gasteiger partial charge in [0.05, 0.1) is 0 Å². The van der Waals surface area contributed by atoms with Crippen LogP contribution in [0.5, 0.6) is 5.75 Å². The molecule has 21 heavy (non-hydrogen) atoms. The summed E-state index contributed by atoms with van der Waals surface area (Å²) in [5, 5.41) is 13.3. The van der Waals surface area contributed by atoms with Crippen molar-refractivity contribution < 1.29 is 9.90 Å². The van der Waals surface area contributed by atoms with Crippen molar-refractivity contribution in [2.24, 2.45) is 0 Å². The van der Waals surface area contributed by atoms with Crippen molar-refractivity contribution in [1.82, 2.24) is 9.55 Å². The maximum Gasteiger partial charge on any atom is 0.245 e. The van der Waals surface area contributed by atoms with Crippen LogP contribution in [0.1, 0.15) is 5.69 Å². The molecule has 1 aromatic carbocycles. The van der Waals surface area contributed by atoms with Gasteiger partial charge in [0.2, 0.25) is 5.91 Å². The van der Waals surface area contributed by atoms with Gasteiger partial charge in [0.15, 0.2) is 11.6 Å². The molecule has 5 nitrogen and oxygen atoms in total. The van der Waals surface area contributed by atoms with E-state index in [1.807, 2.05) is 41.8 Å². The van der Waals surface area contributed by atoms with Crippen LogP contribution >= 0.6 is 0 Å². The van der Waals surface area contributed by atoms with Crippen LogP contribution in [0.3, 0.4) is 0 Å². The van der Waals surface area contributed by atoms with E-state index in [4.69, 9.17) is 0 Å². The number of amides is 1. The molecule has 0 aliphatic rings. The van der Waals surface area contributed by atoms with Crippen LogP contribution in [0.25, 0.3) is 10.9 Å². The lowest BCUT2D eigenvalue weighted by Gasteiger charge is -2.09. The van der Waals surface area contributed by atoms with Crippen molar-refractivity contribution in [2.75, 3.05) is 5.32 Å². The molecule has 106 valence electrons. The van der Waals surface area contributed by atoms with Crippen LogP contribution in [0.2, 0.25) is 0 Å². The molecule has 2 heterocycles. The normalized spacial score (nSPS) is 10.7. The highest BCUT2D eigenvalue weighted by Gasteiger charge is 2.11. The first-order valence-electron chi connectivity index (χ1n) is 6.64. The fraction of sp³-hybridized carbons (Fsp3) is 0.125. The molecule has 0 atom stereocenters. The molecule has 0 spiro atoms. The highest BCUT2D eigenvalue weighted by Crippen LogP contribution is 2.21. The minimum Gasteiger partial charge on any atom is -0.504 e. The molecule has 0 saturated heterocycles. The smallest absolute Gasteiger partial charge is 0.245 e. The number of pyridine rings is 1. The van der Waals surface area contributed by atoms with E-state index in [2.05, 4.69) is 10.3 Å². The molecule has 0 aliphatic heterocycles. The summed E-state index contributed by atoms with van der Waals surface area (Å²) in [6, 6.07) is 13.0. The van der Waals surface area contributed by atoms with Crippen molar-refractivity contribution in [2.45, 2.75) is 13.5 Å². The first-order chi connectivity index (χ1) is 10.1. The Morgan fingerprint density at radius 3 is 2.90 bits per heavy atom. The predicted octanol–water partition coefficient (Wildman–Crippen LogP) is 2.69. The van der Waals surface area contributed by atoms with Gasteiger partial charge in [0.1, 0.15) is 6.54 Å². The van der Waals surface area contributed by atoms with E-state index in [1.54, 1.807) is 6.07 Å². The number of rotatable bonds is 3. The molecule has 5 heteroatoms. The molecule has 3 rings (SSSR count). The van der Waals surface area contributed by atoms with Gasteiger partial charge in [-0.25, -0.2) is 4.98 Å². The van der Waals surface area contributed by atoms with E-state index in [9.17, 15) is 9.90 Å². The van der Waals surface area contributed by atoms with Crippen molar-refractivity contribution in [3.8, 4) is 5.75 Å². The maximum absolute atomic E-state index is 12.1. The number of anilines is 1. The third-order valence-electron chi connectivity index (χ3n) is 3.36. The topological polar surface area (TPSA) is 67.2 Å². The van der Waals surface area contributed by atoms with Gasteiger partial charge in [-0.3, -0.25) is 4.79 Å². The summed E-state index contributed by atoms with van der Waals surface area (Å²) in [4.78, 5) is 16.1. The lowest BCUT2D eigenvalue weighted by molar-refractivity contribution is -0.116. The summed E-state index contributed by atoms with van der Waals surface area (Å²) >= 11 is 0. The van der Waals surface area contributed by atoms with Crippen LogP contribution < -0.4 is 5.32 Å². The first kappa shape index (κ1) is 13.2. The molecule has 0 fully saturated rings. The average Bonchev–Trinajstić information content (AvgIpc) is 2.78. The van der Waals surface area contributed by atoms with E-state index in [1.165, 1.54) is 12.3 Å². The van der Waals surface area contributed by atoms with Crippen molar-refractivity contribution in [1.29, 1.82) is 0 Å². The lowest BCUT2D eigenvalue weighted by atomic mass is 10.2. The number of para-hydroxylation sites is 1. The summed E-state index contributed by atoms with van der Waals surface area (Å²) in [5.74, 6) is -0.0926. The highest BCUT2D eigenvalue weighted by atomic mass is 16.3. The lowest BCUT2D eigenvalue weighted by Crippen LogP contribution is -2.19. The van der Waals surface area contributed by atoms with Crippen molar-refractivity contribution >= 4 is 22.6 Å². The Balaban J connectivity index is 1.84. The Bertz CT molecular complexity index is 808. The fourth-order valence-electron chi connectivity index (χ4n) is 2.37. The largest absolute Gasteiger partial charge is 0.504 e. The van der Waals surface area contributed by atoms with Crippen LogP contribution in [-0.4, -0.2) is 20.6 Å². The van der Waals surface area contributed by atoms with Gasteiger partial charge in [0.25, 0.3) is 0 Å². The predicted molar refractivity (Wildman–Crippen MR) is 81.2 cm³/mol. The van der Waals surface area contributed by atoms with Gasteiger partial charge in [-0.15, -0.1) is 0 Å². The van der Waals surface area contributed by atoms with E-state index >= 15 is 0 Å². The molecule has 0 bridgehead atoms. The molecule has 0 unspecified atom stereocenters. The number of aromatic hydroxyl groups is 1. The fourth-order valence-corrected chi connectivity index (χ4v) is 2.37. The Labute approximate surface area is 121 Å². The molecule has 0 aliphatic carbocycles. The van der Waals surface area contributed by atoms with Gasteiger partial charge < -0.3 is 15.0 Å². The van der Waals surface area contributed by atoms with Crippen LogP contribution in [0.4, 0.5) is 5.82 Å². The second-order valence-corrected chi connectivity index (χ2v) is 4.85. The molecular formula is C16H15N3O2. The van der Waals surface area contributed by atoms with Gasteiger partial charge in [-0.2, -0.15) is 0 Å². The Kier molecular flexibility index (Phi) is 3.31. The molecular weight excluding hydrogens is 266 g/mol. The summed E-state index contributed by atoms with van der Waals surface area (Å²) in [7, 11) is 0. The second kappa shape index (κ2) is 5.28. The monoisotopic (exact) mass is 281 g/mol. The van der Waals surface area contributed by atoms with Crippen LogP contribution in [0.15, 0.2) is 48.7 Å². The van der Waals surface area contributed by atoms with E-state index in [0.717, 1.165) is 16.6 Å². The zero-order valence-electron chi connectivity index (χ0n) is 11.6. The minimum absolute atomic E-state index is 0.0417. The third-order valence-corrected chi connectivity index (χ3v) is 3.36. The number of carbonyl (C=O) groups excluding carboxylic acids is 1. The molecule has 2 N–H and O–H groups in total. The van der Waals surface area contributed by atoms with Gasteiger partial charge >= 0.3 is 0 Å². The summed E-state index contributed by atoms with van der Waals surface area (Å²) in [6.45, 7) is 2.14. The molecule has 0 saturated carbocycles. The molecule has 3 aromatic rings.